The standard InChI is InChI=1S/C10H17NO6S/c1-5(13)11-7-9(15)8(14)6(4-12)17-10(7)16-2-3-18/h3,6-10,12,14-15H,2,4H2,1H3,(H,11,13)/t6-,7-,8-,9-,10+/m1/s1. The Morgan fingerprint density at radius 2 is 2.17 bits per heavy atom. The van der Waals surface area contributed by atoms with Crippen LogP contribution in [-0.2, 0) is 14.3 Å². The average molecular weight is 279 g/mol. The first-order chi connectivity index (χ1) is 8.51. The van der Waals surface area contributed by atoms with E-state index in [1.807, 2.05) is 0 Å². The molecule has 0 radical (unpaired) electrons. The highest BCUT2D eigenvalue weighted by Gasteiger charge is 2.45. The number of ether oxygens (including phenoxy) is 2. The summed E-state index contributed by atoms with van der Waals surface area (Å²) in [6.07, 6.45) is -4.56. The molecule has 0 aromatic carbocycles. The molecule has 0 spiro atoms. The fraction of sp³-hybridized carbons (Fsp3) is 0.800. The molecule has 1 rings (SSSR count). The van der Waals surface area contributed by atoms with Gasteiger partial charge in [0.1, 0.15) is 24.4 Å². The number of rotatable bonds is 5. The van der Waals surface area contributed by atoms with Gasteiger partial charge >= 0.3 is 0 Å². The summed E-state index contributed by atoms with van der Waals surface area (Å²) in [6.45, 7) is 0.882. The molecule has 8 heteroatoms. The number of nitrogens with one attached hydrogen (secondary N) is 1. The van der Waals surface area contributed by atoms with Gasteiger partial charge in [-0.15, -0.1) is 0 Å². The molecule has 1 aliphatic heterocycles. The van der Waals surface area contributed by atoms with Gasteiger partial charge in [-0.3, -0.25) is 4.79 Å². The number of amides is 1. The summed E-state index contributed by atoms with van der Waals surface area (Å²) in [5.74, 6) is -0.395. The summed E-state index contributed by atoms with van der Waals surface area (Å²) < 4.78 is 10.5. The van der Waals surface area contributed by atoms with Crippen LogP contribution in [0.5, 0.6) is 0 Å². The number of carbonyl (C=O) groups excluding carboxylic acids is 1. The maximum atomic E-state index is 11.0. The smallest absolute Gasteiger partial charge is 0.217 e. The van der Waals surface area contributed by atoms with Crippen LogP contribution in [0.25, 0.3) is 0 Å². The first-order valence-electron chi connectivity index (χ1n) is 5.46. The van der Waals surface area contributed by atoms with Crippen molar-refractivity contribution in [2.75, 3.05) is 13.2 Å². The van der Waals surface area contributed by atoms with Crippen molar-refractivity contribution in [1.82, 2.24) is 5.32 Å². The monoisotopic (exact) mass is 279 g/mol. The molecule has 0 bridgehead atoms. The molecule has 0 saturated carbocycles. The molecule has 5 atom stereocenters. The Kier molecular flexibility index (Phi) is 6.06. The van der Waals surface area contributed by atoms with Crippen molar-refractivity contribution < 1.29 is 29.6 Å². The van der Waals surface area contributed by atoms with Crippen LogP contribution in [0.1, 0.15) is 6.92 Å². The molecule has 0 unspecified atom stereocenters. The fourth-order valence-corrected chi connectivity index (χ4v) is 1.83. The summed E-state index contributed by atoms with van der Waals surface area (Å²) in [7, 11) is 0. The van der Waals surface area contributed by atoms with Gasteiger partial charge in [-0.25, -0.2) is 0 Å². The second-order valence-corrected chi connectivity index (χ2v) is 4.27. The maximum Gasteiger partial charge on any atom is 0.217 e. The molecule has 0 aromatic rings. The van der Waals surface area contributed by atoms with Crippen molar-refractivity contribution in [1.29, 1.82) is 0 Å². The molecule has 1 heterocycles. The van der Waals surface area contributed by atoms with Gasteiger partial charge in [-0.1, -0.05) is 12.2 Å². The molecule has 0 aromatic heterocycles. The van der Waals surface area contributed by atoms with Crippen LogP contribution in [0.4, 0.5) is 0 Å². The predicted octanol–water partition coefficient (Wildman–Crippen LogP) is -2.05. The van der Waals surface area contributed by atoms with Gasteiger partial charge in [0.25, 0.3) is 0 Å². The van der Waals surface area contributed by atoms with Crippen molar-refractivity contribution >= 4 is 23.5 Å². The molecular formula is C10H17NO6S. The molecule has 18 heavy (non-hydrogen) atoms. The van der Waals surface area contributed by atoms with Gasteiger partial charge in [0.05, 0.1) is 13.2 Å². The van der Waals surface area contributed by atoms with Gasteiger partial charge in [-0.05, 0) is 0 Å². The second kappa shape index (κ2) is 7.07. The predicted molar refractivity (Wildman–Crippen MR) is 65.0 cm³/mol. The first-order valence-corrected chi connectivity index (χ1v) is 5.93. The van der Waals surface area contributed by atoms with E-state index in [1.165, 1.54) is 12.3 Å². The summed E-state index contributed by atoms with van der Waals surface area (Å²) in [6, 6.07) is -0.921. The molecule has 1 amide bonds. The molecular weight excluding hydrogens is 262 g/mol. The van der Waals surface area contributed by atoms with Crippen LogP contribution in [0.15, 0.2) is 0 Å². The van der Waals surface area contributed by atoms with E-state index in [0.29, 0.717) is 0 Å². The summed E-state index contributed by atoms with van der Waals surface area (Å²) in [5, 5.41) is 32.4. The lowest BCUT2D eigenvalue weighted by Crippen LogP contribution is -2.64. The van der Waals surface area contributed by atoms with Gasteiger partial charge in [-0.2, -0.15) is 0 Å². The first kappa shape index (κ1) is 15.4. The van der Waals surface area contributed by atoms with E-state index in [1.54, 1.807) is 0 Å². The highest BCUT2D eigenvalue weighted by Crippen LogP contribution is 2.21. The summed E-state index contributed by atoms with van der Waals surface area (Å²) in [4.78, 5) is 11.0. The Labute approximate surface area is 110 Å². The molecule has 1 fully saturated rings. The van der Waals surface area contributed by atoms with E-state index in [4.69, 9.17) is 14.6 Å². The zero-order valence-corrected chi connectivity index (χ0v) is 10.7. The van der Waals surface area contributed by atoms with Crippen molar-refractivity contribution in [3.8, 4) is 0 Å². The van der Waals surface area contributed by atoms with E-state index in [2.05, 4.69) is 17.5 Å². The van der Waals surface area contributed by atoms with Gasteiger partial charge in [0.2, 0.25) is 5.91 Å². The molecule has 7 nitrogen and oxygen atoms in total. The van der Waals surface area contributed by atoms with Crippen LogP contribution in [-0.4, -0.2) is 70.5 Å². The third-order valence-corrected chi connectivity index (χ3v) is 2.72. The zero-order valence-electron chi connectivity index (χ0n) is 9.85. The number of hydrogen-bond donors (Lipinski definition) is 4. The minimum atomic E-state index is -1.31. The zero-order chi connectivity index (χ0) is 13.7. The van der Waals surface area contributed by atoms with Crippen LogP contribution in [0.2, 0.25) is 0 Å². The van der Waals surface area contributed by atoms with Crippen LogP contribution >= 0.6 is 12.2 Å². The Bertz CT molecular complexity index is 302. The van der Waals surface area contributed by atoms with Crippen LogP contribution < -0.4 is 5.32 Å². The second-order valence-electron chi connectivity index (χ2n) is 3.93. The lowest BCUT2D eigenvalue weighted by molar-refractivity contribution is -0.265. The van der Waals surface area contributed by atoms with Crippen molar-refractivity contribution in [3.05, 3.63) is 0 Å². The number of thiocarbonyl (C=S) groups is 1. The Balaban J connectivity index is 2.79. The topological polar surface area (TPSA) is 108 Å². The average Bonchev–Trinajstić information content (AvgIpc) is 2.33. The van der Waals surface area contributed by atoms with Gasteiger partial charge < -0.3 is 30.1 Å². The fourth-order valence-electron chi connectivity index (χ4n) is 1.75. The quantitative estimate of drug-likeness (QED) is 0.429. The number of carbonyl (C=O) groups is 1. The van der Waals surface area contributed by atoms with Crippen LogP contribution in [0, 0.1) is 0 Å². The molecule has 0 aliphatic carbocycles. The molecule has 104 valence electrons. The van der Waals surface area contributed by atoms with Crippen molar-refractivity contribution in [3.63, 3.8) is 0 Å². The third-order valence-electron chi connectivity index (χ3n) is 2.58. The number of hydrogen-bond acceptors (Lipinski definition) is 7. The number of aliphatic hydroxyl groups is 3. The van der Waals surface area contributed by atoms with Gasteiger partial charge in [0, 0.05) is 12.3 Å². The normalized spacial score (nSPS) is 36.1. The largest absolute Gasteiger partial charge is 0.394 e. The molecule has 1 aliphatic rings. The SMILES string of the molecule is CC(=O)N[C@H]1[C@@H](OCC=S)O[C@H](CO)[C@@H](O)[C@@H]1O. The van der Waals surface area contributed by atoms with E-state index in [0.717, 1.165) is 0 Å². The lowest BCUT2D eigenvalue weighted by atomic mass is 9.97. The molecule has 4 N–H and O–H groups in total. The van der Waals surface area contributed by atoms with E-state index in [9.17, 15) is 15.0 Å². The van der Waals surface area contributed by atoms with Crippen molar-refractivity contribution in [2.24, 2.45) is 0 Å². The third kappa shape index (κ3) is 3.67. The van der Waals surface area contributed by atoms with Crippen molar-refractivity contribution in [2.45, 2.75) is 37.6 Å². The van der Waals surface area contributed by atoms with E-state index < -0.39 is 43.2 Å². The maximum absolute atomic E-state index is 11.0. The Morgan fingerprint density at radius 1 is 1.50 bits per heavy atom. The van der Waals surface area contributed by atoms with Crippen LogP contribution in [0.3, 0.4) is 0 Å². The van der Waals surface area contributed by atoms with E-state index >= 15 is 0 Å². The highest BCUT2D eigenvalue weighted by molar-refractivity contribution is 7.79. The van der Waals surface area contributed by atoms with E-state index in [-0.39, 0.29) is 6.61 Å². The number of aliphatic hydroxyl groups excluding tert-OH is 3. The Hall–Kier alpha value is -0.640. The highest BCUT2D eigenvalue weighted by atomic mass is 32.1. The minimum absolute atomic E-state index is 0.0804. The molecule has 1 saturated heterocycles. The Morgan fingerprint density at radius 3 is 2.67 bits per heavy atom. The summed E-state index contributed by atoms with van der Waals surface area (Å²) in [5.41, 5.74) is 0. The minimum Gasteiger partial charge on any atom is -0.394 e. The summed E-state index contributed by atoms with van der Waals surface area (Å²) >= 11 is 4.60. The van der Waals surface area contributed by atoms with Gasteiger partial charge in [0.15, 0.2) is 6.29 Å². The lowest BCUT2D eigenvalue weighted by Gasteiger charge is -2.41.